The number of rotatable bonds is 3. The van der Waals surface area contributed by atoms with Crippen LogP contribution in [0.5, 0.6) is 0 Å². The molecule has 1 rings (SSSR count). The van der Waals surface area contributed by atoms with Crippen molar-refractivity contribution in [2.45, 2.75) is 33.3 Å². The molecule has 1 heterocycles. The van der Waals surface area contributed by atoms with Crippen LogP contribution in [-0.2, 0) is 11.3 Å². The van der Waals surface area contributed by atoms with E-state index in [1.165, 1.54) is 11.1 Å². The van der Waals surface area contributed by atoms with Gasteiger partial charge in [-0.15, -0.1) is 0 Å². The van der Waals surface area contributed by atoms with E-state index in [-0.39, 0.29) is 0 Å². The van der Waals surface area contributed by atoms with Crippen molar-refractivity contribution in [1.82, 2.24) is 4.98 Å². The van der Waals surface area contributed by atoms with Crippen LogP contribution < -0.4 is 0 Å². The molecule has 1 aromatic rings. The smallest absolute Gasteiger partial charge is 0.0716 e. The van der Waals surface area contributed by atoms with Gasteiger partial charge in [-0.3, -0.25) is 4.98 Å². The van der Waals surface area contributed by atoms with E-state index in [0.29, 0.717) is 12.5 Å². The number of methoxy groups -OCH3 is 1. The summed E-state index contributed by atoms with van der Waals surface area (Å²) in [4.78, 5) is 4.37. The molecule has 0 aliphatic heterocycles. The molecule has 0 aliphatic rings. The van der Waals surface area contributed by atoms with Crippen LogP contribution in [0.25, 0.3) is 0 Å². The first-order valence-corrected chi connectivity index (χ1v) is 4.59. The van der Waals surface area contributed by atoms with Gasteiger partial charge in [0, 0.05) is 19.0 Å². The van der Waals surface area contributed by atoms with Crippen molar-refractivity contribution >= 4 is 0 Å². The minimum Gasteiger partial charge on any atom is -0.380 e. The Labute approximate surface area is 80.0 Å². The molecule has 13 heavy (non-hydrogen) atoms. The van der Waals surface area contributed by atoms with Gasteiger partial charge in [0.1, 0.15) is 0 Å². The van der Waals surface area contributed by atoms with Crippen molar-refractivity contribution in [2.24, 2.45) is 0 Å². The summed E-state index contributed by atoms with van der Waals surface area (Å²) >= 11 is 0. The molecule has 2 heteroatoms. The minimum atomic E-state index is 0.483. The summed E-state index contributed by atoms with van der Waals surface area (Å²) in [6.07, 6.45) is 1.92. The largest absolute Gasteiger partial charge is 0.380 e. The fraction of sp³-hybridized carbons (Fsp3) is 0.545. The third-order valence-corrected chi connectivity index (χ3v) is 2.13. The van der Waals surface area contributed by atoms with Gasteiger partial charge < -0.3 is 4.74 Å². The summed E-state index contributed by atoms with van der Waals surface area (Å²) in [5, 5.41) is 0. The maximum atomic E-state index is 5.12. The Bertz CT molecular complexity index is 281. The Balaban J connectivity index is 2.97. The highest BCUT2D eigenvalue weighted by Crippen LogP contribution is 2.16. The molecule has 0 spiro atoms. The maximum absolute atomic E-state index is 5.12. The lowest BCUT2D eigenvalue weighted by Crippen LogP contribution is -1.98. The van der Waals surface area contributed by atoms with Crippen molar-refractivity contribution in [3.8, 4) is 0 Å². The molecule has 0 saturated carbocycles. The highest BCUT2D eigenvalue weighted by Gasteiger charge is 2.04. The number of hydrogen-bond donors (Lipinski definition) is 0. The monoisotopic (exact) mass is 179 g/mol. The fourth-order valence-corrected chi connectivity index (χ4v) is 1.21. The zero-order chi connectivity index (χ0) is 9.84. The van der Waals surface area contributed by atoms with Crippen LogP contribution in [-0.4, -0.2) is 12.1 Å². The average molecular weight is 179 g/mol. The fourth-order valence-electron chi connectivity index (χ4n) is 1.21. The normalized spacial score (nSPS) is 10.8. The van der Waals surface area contributed by atoms with Crippen molar-refractivity contribution in [1.29, 1.82) is 0 Å². The standard InChI is InChI=1S/C11H17NO/c1-8(2)11-5-10(7-13-4)9(3)6-12-11/h5-6,8H,7H2,1-4H3. The quantitative estimate of drug-likeness (QED) is 0.711. The molecule has 0 unspecified atom stereocenters. The molecule has 0 aliphatic carbocycles. The maximum Gasteiger partial charge on any atom is 0.0716 e. The summed E-state index contributed by atoms with van der Waals surface area (Å²) in [5.41, 5.74) is 3.57. The van der Waals surface area contributed by atoms with Crippen LogP contribution in [0.3, 0.4) is 0 Å². The van der Waals surface area contributed by atoms with Gasteiger partial charge in [0.25, 0.3) is 0 Å². The molecule has 0 atom stereocenters. The van der Waals surface area contributed by atoms with Gasteiger partial charge in [-0.2, -0.15) is 0 Å². The van der Waals surface area contributed by atoms with Crippen molar-refractivity contribution in [3.05, 3.63) is 29.1 Å². The van der Waals surface area contributed by atoms with Gasteiger partial charge in [0.05, 0.1) is 6.61 Å². The van der Waals surface area contributed by atoms with E-state index in [4.69, 9.17) is 4.74 Å². The van der Waals surface area contributed by atoms with Crippen LogP contribution >= 0.6 is 0 Å². The summed E-state index contributed by atoms with van der Waals surface area (Å²) in [6.45, 7) is 7.03. The summed E-state index contributed by atoms with van der Waals surface area (Å²) in [5.74, 6) is 0.483. The molecule has 0 saturated heterocycles. The molecule has 0 N–H and O–H groups in total. The molecular weight excluding hydrogens is 162 g/mol. The summed E-state index contributed by atoms with van der Waals surface area (Å²) < 4.78 is 5.12. The van der Waals surface area contributed by atoms with Gasteiger partial charge >= 0.3 is 0 Å². The van der Waals surface area contributed by atoms with Crippen molar-refractivity contribution in [3.63, 3.8) is 0 Å². The van der Waals surface area contributed by atoms with E-state index < -0.39 is 0 Å². The van der Waals surface area contributed by atoms with Gasteiger partial charge in [-0.05, 0) is 30.0 Å². The first-order chi connectivity index (χ1) is 6.15. The molecule has 0 aromatic carbocycles. The number of aryl methyl sites for hydroxylation is 1. The van der Waals surface area contributed by atoms with Crippen LogP contribution in [0, 0.1) is 6.92 Å². The molecule has 2 nitrogen and oxygen atoms in total. The van der Waals surface area contributed by atoms with E-state index in [0.717, 1.165) is 5.69 Å². The zero-order valence-corrected chi connectivity index (χ0v) is 8.79. The third kappa shape index (κ3) is 2.52. The van der Waals surface area contributed by atoms with E-state index >= 15 is 0 Å². The number of pyridine rings is 1. The Kier molecular flexibility index (Phi) is 3.43. The Hall–Kier alpha value is -0.890. The minimum absolute atomic E-state index is 0.483. The number of aromatic nitrogens is 1. The lowest BCUT2D eigenvalue weighted by atomic mass is 10.1. The highest BCUT2D eigenvalue weighted by atomic mass is 16.5. The molecule has 1 aromatic heterocycles. The van der Waals surface area contributed by atoms with Crippen molar-refractivity contribution < 1.29 is 4.74 Å². The molecule has 0 fully saturated rings. The first kappa shape index (κ1) is 10.2. The Morgan fingerprint density at radius 1 is 1.46 bits per heavy atom. The SMILES string of the molecule is COCc1cc(C(C)C)ncc1C. The van der Waals surface area contributed by atoms with Crippen LogP contribution in [0.2, 0.25) is 0 Å². The number of hydrogen-bond acceptors (Lipinski definition) is 2. The highest BCUT2D eigenvalue weighted by molar-refractivity contribution is 5.26. The van der Waals surface area contributed by atoms with E-state index in [9.17, 15) is 0 Å². The zero-order valence-electron chi connectivity index (χ0n) is 8.79. The predicted octanol–water partition coefficient (Wildman–Crippen LogP) is 2.66. The average Bonchev–Trinajstić information content (AvgIpc) is 2.08. The van der Waals surface area contributed by atoms with Crippen LogP contribution in [0.4, 0.5) is 0 Å². The molecule has 0 amide bonds. The predicted molar refractivity (Wildman–Crippen MR) is 53.8 cm³/mol. The van der Waals surface area contributed by atoms with E-state index in [1.54, 1.807) is 7.11 Å². The summed E-state index contributed by atoms with van der Waals surface area (Å²) in [7, 11) is 1.72. The van der Waals surface area contributed by atoms with Crippen LogP contribution in [0.15, 0.2) is 12.3 Å². The van der Waals surface area contributed by atoms with Gasteiger partial charge in [0.2, 0.25) is 0 Å². The van der Waals surface area contributed by atoms with E-state index in [1.807, 2.05) is 6.20 Å². The second kappa shape index (κ2) is 4.38. The topological polar surface area (TPSA) is 22.1 Å². The van der Waals surface area contributed by atoms with E-state index in [2.05, 4.69) is 31.8 Å². The van der Waals surface area contributed by atoms with Crippen molar-refractivity contribution in [2.75, 3.05) is 7.11 Å². The molecule has 0 bridgehead atoms. The Morgan fingerprint density at radius 3 is 2.69 bits per heavy atom. The Morgan fingerprint density at radius 2 is 2.15 bits per heavy atom. The lowest BCUT2D eigenvalue weighted by molar-refractivity contribution is 0.184. The summed E-state index contributed by atoms with van der Waals surface area (Å²) in [6, 6.07) is 2.13. The first-order valence-electron chi connectivity index (χ1n) is 4.59. The van der Waals surface area contributed by atoms with Crippen LogP contribution in [0.1, 0.15) is 36.6 Å². The number of nitrogens with zero attached hydrogens (tertiary/aromatic N) is 1. The van der Waals surface area contributed by atoms with Gasteiger partial charge in [-0.25, -0.2) is 0 Å². The lowest BCUT2D eigenvalue weighted by Gasteiger charge is -2.09. The number of ether oxygens (including phenoxy) is 1. The molecular formula is C11H17NO. The van der Waals surface area contributed by atoms with Gasteiger partial charge in [0.15, 0.2) is 0 Å². The molecule has 0 radical (unpaired) electrons. The third-order valence-electron chi connectivity index (χ3n) is 2.13. The second-order valence-electron chi connectivity index (χ2n) is 3.62. The molecule has 72 valence electrons. The van der Waals surface area contributed by atoms with Gasteiger partial charge in [-0.1, -0.05) is 13.8 Å². The second-order valence-corrected chi connectivity index (χ2v) is 3.62.